The number of carbonyl (C=O) groups is 3. The van der Waals surface area contributed by atoms with Crippen molar-refractivity contribution in [2.45, 2.75) is 329 Å². The molecule has 78 heavy (non-hydrogen) atoms. The van der Waals surface area contributed by atoms with Crippen LogP contribution in [-0.4, -0.2) is 37.2 Å². The molecule has 0 aromatic heterocycles. The van der Waals surface area contributed by atoms with E-state index >= 15 is 0 Å². The average Bonchev–Trinajstić information content (AvgIpc) is 3.44. The Labute approximate surface area is 483 Å². The summed E-state index contributed by atoms with van der Waals surface area (Å²) in [5.74, 6) is -0.904. The molecule has 0 fully saturated rings. The zero-order chi connectivity index (χ0) is 56.4. The second-order valence-corrected chi connectivity index (χ2v) is 22.0. The van der Waals surface area contributed by atoms with Gasteiger partial charge in [0.25, 0.3) is 0 Å². The minimum absolute atomic E-state index is 0.0882. The molecule has 0 spiro atoms. The van der Waals surface area contributed by atoms with Crippen molar-refractivity contribution in [1.82, 2.24) is 0 Å². The van der Waals surface area contributed by atoms with Gasteiger partial charge < -0.3 is 14.2 Å². The molecular formula is C72H124O6. The van der Waals surface area contributed by atoms with Crippen molar-refractivity contribution in [3.8, 4) is 0 Å². The number of ether oxygens (including phenoxy) is 3. The predicted octanol–water partition coefficient (Wildman–Crippen LogP) is 22.8. The van der Waals surface area contributed by atoms with Gasteiger partial charge in [-0.25, -0.2) is 0 Å². The van der Waals surface area contributed by atoms with Crippen molar-refractivity contribution in [1.29, 1.82) is 0 Å². The maximum Gasteiger partial charge on any atom is 0.306 e. The fourth-order valence-corrected chi connectivity index (χ4v) is 9.32. The topological polar surface area (TPSA) is 78.9 Å². The van der Waals surface area contributed by atoms with E-state index in [9.17, 15) is 14.4 Å². The van der Waals surface area contributed by atoms with E-state index in [1.165, 1.54) is 161 Å². The van der Waals surface area contributed by atoms with Gasteiger partial charge in [-0.2, -0.15) is 0 Å². The second kappa shape index (κ2) is 65.8. The van der Waals surface area contributed by atoms with Crippen molar-refractivity contribution in [2.75, 3.05) is 13.2 Å². The van der Waals surface area contributed by atoms with Crippen LogP contribution in [0.1, 0.15) is 323 Å². The van der Waals surface area contributed by atoms with Crippen LogP contribution in [0.3, 0.4) is 0 Å². The molecule has 0 aliphatic carbocycles. The summed E-state index contributed by atoms with van der Waals surface area (Å²) in [5, 5.41) is 0. The van der Waals surface area contributed by atoms with Crippen molar-refractivity contribution >= 4 is 17.9 Å². The number of esters is 3. The van der Waals surface area contributed by atoms with Crippen LogP contribution in [-0.2, 0) is 28.6 Å². The number of carbonyl (C=O) groups excluding carboxylic acids is 3. The third-order valence-corrected chi connectivity index (χ3v) is 14.3. The molecule has 0 radical (unpaired) electrons. The minimum atomic E-state index is -0.793. The van der Waals surface area contributed by atoms with Crippen LogP contribution >= 0.6 is 0 Å². The molecule has 0 heterocycles. The monoisotopic (exact) mass is 1080 g/mol. The van der Waals surface area contributed by atoms with Crippen LogP contribution < -0.4 is 0 Å². The van der Waals surface area contributed by atoms with Crippen molar-refractivity contribution in [3.63, 3.8) is 0 Å². The summed E-state index contributed by atoms with van der Waals surface area (Å²) in [7, 11) is 0. The van der Waals surface area contributed by atoms with E-state index in [-0.39, 0.29) is 31.1 Å². The Hall–Kier alpha value is -3.67. The number of rotatable bonds is 60. The van der Waals surface area contributed by atoms with Crippen molar-refractivity contribution in [2.24, 2.45) is 0 Å². The number of hydrogen-bond donors (Lipinski definition) is 0. The van der Waals surface area contributed by atoms with Gasteiger partial charge in [-0.3, -0.25) is 14.4 Å². The fourth-order valence-electron chi connectivity index (χ4n) is 9.32. The molecule has 0 N–H and O–H groups in total. The zero-order valence-electron chi connectivity index (χ0n) is 51.4. The maximum atomic E-state index is 12.9. The van der Waals surface area contributed by atoms with Crippen molar-refractivity contribution in [3.05, 3.63) is 97.2 Å². The highest BCUT2D eigenvalue weighted by atomic mass is 16.6. The van der Waals surface area contributed by atoms with Crippen LogP contribution in [0.5, 0.6) is 0 Å². The smallest absolute Gasteiger partial charge is 0.306 e. The van der Waals surface area contributed by atoms with Crippen LogP contribution in [0.4, 0.5) is 0 Å². The number of allylic oxidation sites excluding steroid dienone is 16. The van der Waals surface area contributed by atoms with Gasteiger partial charge in [0.05, 0.1) is 0 Å². The first-order valence-corrected chi connectivity index (χ1v) is 33.2. The summed E-state index contributed by atoms with van der Waals surface area (Å²) in [5.41, 5.74) is 0. The zero-order valence-corrected chi connectivity index (χ0v) is 51.4. The molecule has 448 valence electrons. The van der Waals surface area contributed by atoms with Gasteiger partial charge in [-0.05, 0) is 122 Å². The van der Waals surface area contributed by atoms with Gasteiger partial charge in [0, 0.05) is 19.3 Å². The summed E-state index contributed by atoms with van der Waals surface area (Å²) < 4.78 is 17.0. The van der Waals surface area contributed by atoms with E-state index in [0.29, 0.717) is 19.3 Å². The Bertz CT molecular complexity index is 1530. The molecular weight excluding hydrogens is 961 g/mol. The quantitative estimate of drug-likeness (QED) is 0.0261. The highest BCUT2D eigenvalue weighted by molar-refractivity contribution is 5.71. The molecule has 0 rings (SSSR count). The maximum absolute atomic E-state index is 12.9. The largest absolute Gasteiger partial charge is 0.462 e. The van der Waals surface area contributed by atoms with E-state index in [0.717, 1.165) is 122 Å². The van der Waals surface area contributed by atoms with Gasteiger partial charge in [-0.1, -0.05) is 279 Å². The molecule has 0 aliphatic rings. The minimum Gasteiger partial charge on any atom is -0.462 e. The molecule has 0 bridgehead atoms. The Balaban J connectivity index is 4.43. The number of hydrogen-bond acceptors (Lipinski definition) is 6. The van der Waals surface area contributed by atoms with Gasteiger partial charge in [0.1, 0.15) is 13.2 Å². The molecule has 0 aliphatic heterocycles. The molecule has 0 aromatic rings. The van der Waals surface area contributed by atoms with E-state index in [1.54, 1.807) is 0 Å². The highest BCUT2D eigenvalue weighted by Gasteiger charge is 2.19. The second-order valence-electron chi connectivity index (χ2n) is 22.0. The average molecular weight is 1090 g/mol. The lowest BCUT2D eigenvalue weighted by Crippen LogP contribution is -2.30. The van der Waals surface area contributed by atoms with Crippen LogP contribution in [0.2, 0.25) is 0 Å². The Morgan fingerprint density at radius 2 is 0.500 bits per heavy atom. The molecule has 6 heteroatoms. The third kappa shape index (κ3) is 63.2. The summed E-state index contributed by atoms with van der Waals surface area (Å²) >= 11 is 0. The first kappa shape index (κ1) is 74.3. The van der Waals surface area contributed by atoms with E-state index in [1.807, 2.05) is 0 Å². The SMILES string of the molecule is CC/C=C\C/C=C\C/C=C\C/C=C\C/C=C\CCCCCCCC(=O)OCC(COC(=O)CCCCCCCCC/C=C\C/C=C\CCCCCC)OC(=O)CCCCCCCCCCC/C=C\CCCCCCCCCC. The molecule has 1 unspecified atom stereocenters. The molecule has 0 saturated carbocycles. The van der Waals surface area contributed by atoms with E-state index in [4.69, 9.17) is 14.2 Å². The molecule has 1 atom stereocenters. The Morgan fingerprint density at radius 3 is 0.808 bits per heavy atom. The van der Waals surface area contributed by atoms with Crippen molar-refractivity contribution < 1.29 is 28.6 Å². The summed E-state index contributed by atoms with van der Waals surface area (Å²) in [6.45, 7) is 6.52. The lowest BCUT2D eigenvalue weighted by Gasteiger charge is -2.18. The Kier molecular flexibility index (Phi) is 62.7. The number of unbranched alkanes of at least 4 members (excludes halogenated alkanes) is 33. The van der Waals surface area contributed by atoms with E-state index < -0.39 is 6.10 Å². The molecule has 0 saturated heterocycles. The third-order valence-electron chi connectivity index (χ3n) is 14.3. The van der Waals surface area contributed by atoms with Crippen LogP contribution in [0, 0.1) is 0 Å². The van der Waals surface area contributed by atoms with Crippen LogP contribution in [0.25, 0.3) is 0 Å². The molecule has 6 nitrogen and oxygen atoms in total. The normalized spacial score (nSPS) is 12.7. The summed E-state index contributed by atoms with van der Waals surface area (Å²) in [6, 6.07) is 0. The van der Waals surface area contributed by atoms with Gasteiger partial charge >= 0.3 is 17.9 Å². The van der Waals surface area contributed by atoms with Crippen LogP contribution in [0.15, 0.2) is 97.2 Å². The van der Waals surface area contributed by atoms with E-state index in [2.05, 4.69) is 118 Å². The highest BCUT2D eigenvalue weighted by Crippen LogP contribution is 2.16. The predicted molar refractivity (Wildman–Crippen MR) is 339 cm³/mol. The standard InChI is InChI=1S/C72H124O6/c1-4-7-10-13-16-19-22-25-28-31-34-36-38-41-44-47-50-53-56-59-62-65-71(74)77-68-69(67-76-70(73)64-61-58-55-52-49-46-43-40-33-30-27-24-21-18-15-12-9-6-3)78-72(75)66-63-60-57-54-51-48-45-42-39-37-35-32-29-26-23-20-17-14-11-8-5-2/h7,10,16,19,21,24-25,28,30,32-36,41,44,69H,4-6,8-9,11-15,17-18,20,22-23,26-27,29,31,37-40,42-43,45-68H2,1-3H3/b10-7-,19-16-,24-21-,28-25-,33-30-,35-32-,36-34-,44-41-. The summed E-state index contributed by atoms with van der Waals surface area (Å²) in [4.78, 5) is 38.4. The molecule has 0 aromatic carbocycles. The lowest BCUT2D eigenvalue weighted by molar-refractivity contribution is -0.167. The van der Waals surface area contributed by atoms with Gasteiger partial charge in [0.2, 0.25) is 0 Å². The summed E-state index contributed by atoms with van der Waals surface area (Å²) in [6.07, 6.45) is 88.4. The van der Waals surface area contributed by atoms with Gasteiger partial charge in [0.15, 0.2) is 6.10 Å². The molecule has 0 amide bonds. The van der Waals surface area contributed by atoms with Gasteiger partial charge in [-0.15, -0.1) is 0 Å². The first-order valence-electron chi connectivity index (χ1n) is 33.2. The lowest BCUT2D eigenvalue weighted by atomic mass is 10.1. The Morgan fingerprint density at radius 1 is 0.269 bits per heavy atom. The fraction of sp³-hybridized carbons (Fsp3) is 0.736. The first-order chi connectivity index (χ1) is 38.5.